The van der Waals surface area contributed by atoms with Gasteiger partial charge in [-0.3, -0.25) is 0 Å². The zero-order chi connectivity index (χ0) is 21.4. The predicted octanol–water partition coefficient (Wildman–Crippen LogP) is 5.55. The lowest BCUT2D eigenvalue weighted by Crippen LogP contribution is -1.98. The number of nitrogens with one attached hydrogen (secondary N) is 1. The average molecular weight is 407 g/mol. The molecule has 0 aliphatic rings. The molecule has 6 heteroatoms. The molecular formula is C25H21N5O. The van der Waals surface area contributed by atoms with Crippen LogP contribution < -0.4 is 11.1 Å². The fraction of sp³-hybridized carbons (Fsp3) is 0.0800. The van der Waals surface area contributed by atoms with Gasteiger partial charge in [-0.25, -0.2) is 15.0 Å². The lowest BCUT2D eigenvalue weighted by Gasteiger charge is -2.10. The molecule has 5 rings (SSSR count). The van der Waals surface area contributed by atoms with E-state index in [-0.39, 0.29) is 0 Å². The van der Waals surface area contributed by atoms with Crippen molar-refractivity contribution in [2.45, 2.75) is 6.92 Å². The first kappa shape index (κ1) is 18.8. The second kappa shape index (κ2) is 7.57. The summed E-state index contributed by atoms with van der Waals surface area (Å²) in [6.45, 7) is 2.05. The van der Waals surface area contributed by atoms with Gasteiger partial charge in [0.1, 0.15) is 23.6 Å². The quantitative estimate of drug-likeness (QED) is 0.406. The highest BCUT2D eigenvalue weighted by Gasteiger charge is 2.13. The maximum absolute atomic E-state index is 6.22. The third-order valence-electron chi connectivity index (χ3n) is 5.32. The minimum atomic E-state index is 0.464. The summed E-state index contributed by atoms with van der Waals surface area (Å²) < 4.78 is 5.75. The Hall–Kier alpha value is -4.19. The minimum Gasteiger partial charge on any atom is -0.444 e. The molecule has 0 bridgehead atoms. The summed E-state index contributed by atoms with van der Waals surface area (Å²) in [5.41, 5.74) is 11.9. The maximum atomic E-state index is 6.22. The van der Waals surface area contributed by atoms with Gasteiger partial charge in [0.25, 0.3) is 0 Å². The van der Waals surface area contributed by atoms with E-state index in [0.717, 1.165) is 50.2 Å². The fourth-order valence-corrected chi connectivity index (χ4v) is 3.68. The molecule has 6 nitrogen and oxygen atoms in total. The van der Waals surface area contributed by atoms with Crippen LogP contribution in [0, 0.1) is 6.92 Å². The average Bonchev–Trinajstić information content (AvgIpc) is 3.29. The number of pyridine rings is 2. The zero-order valence-electron chi connectivity index (χ0n) is 17.3. The standard InChI is InChI=1S/C25H21N5O/c1-15-10-17(25-30-22(14-31-25)16-6-4-3-5-7-16)8-9-19(15)21-11-18-12-23(27-2)28-13-20(18)24(26)29-21/h3-14H,1-2H3,(H2,26,29)(H,27,28). The number of benzene rings is 2. The first-order valence-electron chi connectivity index (χ1n) is 9.99. The van der Waals surface area contributed by atoms with Crippen LogP contribution in [0.3, 0.4) is 0 Å². The highest BCUT2D eigenvalue weighted by Crippen LogP contribution is 2.32. The number of nitrogen functional groups attached to an aromatic ring is 1. The van der Waals surface area contributed by atoms with E-state index in [9.17, 15) is 0 Å². The van der Waals surface area contributed by atoms with Crippen LogP contribution in [0.1, 0.15) is 5.56 Å². The molecule has 0 atom stereocenters. The van der Waals surface area contributed by atoms with Gasteiger partial charge in [0.15, 0.2) is 0 Å². The Morgan fingerprint density at radius 3 is 2.52 bits per heavy atom. The Labute approximate surface area is 179 Å². The minimum absolute atomic E-state index is 0.464. The Kier molecular flexibility index (Phi) is 4.59. The summed E-state index contributed by atoms with van der Waals surface area (Å²) in [6, 6.07) is 20.1. The largest absolute Gasteiger partial charge is 0.444 e. The van der Waals surface area contributed by atoms with Gasteiger partial charge in [0.05, 0.1) is 5.69 Å². The second-order valence-corrected chi connectivity index (χ2v) is 7.37. The highest BCUT2D eigenvalue weighted by molar-refractivity contribution is 5.94. The van der Waals surface area contributed by atoms with E-state index in [4.69, 9.17) is 10.2 Å². The lowest BCUT2D eigenvalue weighted by atomic mass is 10.0. The van der Waals surface area contributed by atoms with Crippen molar-refractivity contribution in [1.82, 2.24) is 15.0 Å². The first-order chi connectivity index (χ1) is 15.1. The molecule has 0 saturated carbocycles. The number of oxazole rings is 1. The summed E-state index contributed by atoms with van der Waals surface area (Å²) in [5.74, 6) is 1.84. The highest BCUT2D eigenvalue weighted by atomic mass is 16.3. The number of fused-ring (bicyclic) bond motifs is 1. The van der Waals surface area contributed by atoms with Gasteiger partial charge in [-0.2, -0.15) is 0 Å². The maximum Gasteiger partial charge on any atom is 0.226 e. The number of rotatable bonds is 4. The lowest BCUT2D eigenvalue weighted by molar-refractivity contribution is 0.575. The molecule has 0 spiro atoms. The van der Waals surface area contributed by atoms with E-state index in [1.165, 1.54) is 0 Å². The smallest absolute Gasteiger partial charge is 0.226 e. The van der Waals surface area contributed by atoms with Crippen molar-refractivity contribution in [3.8, 4) is 34.0 Å². The zero-order valence-corrected chi connectivity index (χ0v) is 17.3. The van der Waals surface area contributed by atoms with Crippen molar-refractivity contribution in [2.75, 3.05) is 18.1 Å². The summed E-state index contributed by atoms with van der Waals surface area (Å²) in [6.07, 6.45) is 3.43. The molecule has 31 heavy (non-hydrogen) atoms. The van der Waals surface area contributed by atoms with E-state index in [1.807, 2.05) is 68.6 Å². The van der Waals surface area contributed by atoms with Crippen LogP contribution in [0.15, 0.2) is 77.5 Å². The molecule has 0 saturated heterocycles. The monoisotopic (exact) mass is 407 g/mol. The van der Waals surface area contributed by atoms with Crippen molar-refractivity contribution >= 4 is 22.4 Å². The molecule has 0 unspecified atom stereocenters. The van der Waals surface area contributed by atoms with Gasteiger partial charge >= 0.3 is 0 Å². The topological polar surface area (TPSA) is 89.9 Å². The Balaban J connectivity index is 1.52. The van der Waals surface area contributed by atoms with Gasteiger partial charge in [0.2, 0.25) is 5.89 Å². The number of hydrogen-bond donors (Lipinski definition) is 2. The van der Waals surface area contributed by atoms with Gasteiger partial charge in [-0.15, -0.1) is 0 Å². The van der Waals surface area contributed by atoms with E-state index in [2.05, 4.69) is 26.3 Å². The van der Waals surface area contributed by atoms with Gasteiger partial charge < -0.3 is 15.5 Å². The number of aryl methyl sites for hydroxylation is 1. The molecule has 152 valence electrons. The molecule has 0 amide bonds. The molecule has 0 aliphatic carbocycles. The number of hydrogen-bond acceptors (Lipinski definition) is 6. The Morgan fingerprint density at radius 1 is 0.903 bits per heavy atom. The van der Waals surface area contributed by atoms with E-state index in [0.29, 0.717) is 11.7 Å². The number of nitrogens with zero attached hydrogens (tertiary/aromatic N) is 3. The van der Waals surface area contributed by atoms with Crippen LogP contribution in [0.5, 0.6) is 0 Å². The van der Waals surface area contributed by atoms with Gasteiger partial charge in [-0.05, 0) is 42.1 Å². The molecule has 3 heterocycles. The van der Waals surface area contributed by atoms with Gasteiger partial charge in [-0.1, -0.05) is 36.4 Å². The second-order valence-electron chi connectivity index (χ2n) is 7.37. The van der Waals surface area contributed by atoms with Crippen molar-refractivity contribution < 1.29 is 4.42 Å². The third-order valence-corrected chi connectivity index (χ3v) is 5.32. The Bertz CT molecular complexity index is 1390. The molecule has 5 aromatic rings. The summed E-state index contributed by atoms with van der Waals surface area (Å²) in [7, 11) is 1.84. The van der Waals surface area contributed by atoms with E-state index in [1.54, 1.807) is 12.5 Å². The number of nitrogens with two attached hydrogens (primary N) is 1. The van der Waals surface area contributed by atoms with Crippen LogP contribution in [-0.4, -0.2) is 22.0 Å². The molecule has 0 radical (unpaired) electrons. The SMILES string of the molecule is CNc1cc2cc(-c3ccc(-c4nc(-c5ccccc5)co4)cc3C)nc(N)c2cn1. The number of aromatic nitrogens is 3. The van der Waals surface area contributed by atoms with Crippen LogP contribution in [-0.2, 0) is 0 Å². The summed E-state index contributed by atoms with van der Waals surface area (Å²) >= 11 is 0. The number of anilines is 2. The predicted molar refractivity (Wildman–Crippen MR) is 125 cm³/mol. The Morgan fingerprint density at radius 2 is 1.74 bits per heavy atom. The van der Waals surface area contributed by atoms with Crippen molar-refractivity contribution in [3.63, 3.8) is 0 Å². The summed E-state index contributed by atoms with van der Waals surface area (Å²) in [5, 5.41) is 4.89. The van der Waals surface area contributed by atoms with Crippen molar-refractivity contribution in [1.29, 1.82) is 0 Å². The molecule has 3 N–H and O–H groups in total. The molecule has 3 aromatic heterocycles. The van der Waals surface area contributed by atoms with Crippen molar-refractivity contribution in [3.05, 3.63) is 78.7 Å². The van der Waals surface area contributed by atoms with Crippen LogP contribution in [0.2, 0.25) is 0 Å². The fourth-order valence-electron chi connectivity index (χ4n) is 3.68. The molecule has 2 aromatic carbocycles. The third kappa shape index (κ3) is 3.48. The normalized spacial score (nSPS) is 11.0. The van der Waals surface area contributed by atoms with Crippen molar-refractivity contribution in [2.24, 2.45) is 0 Å². The molecule has 0 fully saturated rings. The first-order valence-corrected chi connectivity index (χ1v) is 9.99. The molecule has 0 aliphatic heterocycles. The summed E-state index contributed by atoms with van der Waals surface area (Å²) in [4.78, 5) is 13.6. The van der Waals surface area contributed by atoms with E-state index >= 15 is 0 Å². The van der Waals surface area contributed by atoms with Crippen LogP contribution in [0.25, 0.3) is 44.7 Å². The van der Waals surface area contributed by atoms with Gasteiger partial charge in [0, 0.05) is 35.3 Å². The van der Waals surface area contributed by atoms with E-state index < -0.39 is 0 Å². The molecular weight excluding hydrogens is 386 g/mol. The van der Waals surface area contributed by atoms with Crippen LogP contribution >= 0.6 is 0 Å². The van der Waals surface area contributed by atoms with Crippen LogP contribution in [0.4, 0.5) is 11.6 Å².